The first-order valence-electron chi connectivity index (χ1n) is 5.53. The second kappa shape index (κ2) is 5.22. The fourth-order valence-electron chi connectivity index (χ4n) is 1.57. The van der Waals surface area contributed by atoms with Gasteiger partial charge in [0.05, 0.1) is 10.6 Å². The number of halogens is 1. The first-order valence-corrected chi connectivity index (χ1v) is 7.81. The molecule has 3 N–H and O–H groups in total. The molecule has 0 amide bonds. The number of hydrogen-bond donors (Lipinski definition) is 2. The number of nitrogens with one attached hydrogen (secondary N) is 1. The zero-order valence-corrected chi connectivity index (χ0v) is 12.6. The molecule has 0 aliphatic heterocycles. The molecule has 100 valence electrons. The zero-order chi connectivity index (χ0) is 14.0. The SMILES string of the molecule is Cc1c(Br)cccc1NS(=O)(=O)c1ccc(N)cc1. The maximum atomic E-state index is 12.2. The lowest BCUT2D eigenvalue weighted by molar-refractivity contribution is 0.601. The zero-order valence-electron chi connectivity index (χ0n) is 10.2. The summed E-state index contributed by atoms with van der Waals surface area (Å²) < 4.78 is 27.8. The van der Waals surface area contributed by atoms with Crippen molar-refractivity contribution in [1.82, 2.24) is 0 Å². The fourth-order valence-corrected chi connectivity index (χ4v) is 3.06. The van der Waals surface area contributed by atoms with Gasteiger partial charge in [-0.1, -0.05) is 22.0 Å². The molecule has 0 spiro atoms. The quantitative estimate of drug-likeness (QED) is 0.843. The molecule has 0 aromatic heterocycles. The molecule has 2 rings (SSSR count). The molecular weight excluding hydrogens is 328 g/mol. The number of sulfonamides is 1. The van der Waals surface area contributed by atoms with E-state index in [-0.39, 0.29) is 4.90 Å². The van der Waals surface area contributed by atoms with Gasteiger partial charge in [0.2, 0.25) is 0 Å². The molecule has 6 heteroatoms. The third kappa shape index (κ3) is 3.08. The lowest BCUT2D eigenvalue weighted by Crippen LogP contribution is -2.13. The van der Waals surface area contributed by atoms with E-state index in [0.29, 0.717) is 11.4 Å². The minimum Gasteiger partial charge on any atom is -0.399 e. The highest BCUT2D eigenvalue weighted by molar-refractivity contribution is 9.10. The average molecular weight is 341 g/mol. The molecule has 0 aliphatic rings. The van der Waals surface area contributed by atoms with Crippen LogP contribution in [-0.4, -0.2) is 8.42 Å². The third-order valence-corrected chi connectivity index (χ3v) is 4.94. The van der Waals surface area contributed by atoms with Gasteiger partial charge in [-0.15, -0.1) is 0 Å². The Labute approximate surface area is 120 Å². The summed E-state index contributed by atoms with van der Waals surface area (Å²) >= 11 is 3.37. The molecule has 2 aromatic carbocycles. The van der Waals surface area contributed by atoms with Crippen LogP contribution in [0.3, 0.4) is 0 Å². The molecule has 0 atom stereocenters. The van der Waals surface area contributed by atoms with Gasteiger partial charge in [0, 0.05) is 10.2 Å². The van der Waals surface area contributed by atoms with Crippen molar-refractivity contribution >= 4 is 37.3 Å². The standard InChI is InChI=1S/C13H13BrN2O2S/c1-9-12(14)3-2-4-13(9)16-19(17,18)11-7-5-10(15)6-8-11/h2-8,16H,15H2,1H3. The lowest BCUT2D eigenvalue weighted by atomic mass is 10.2. The van der Waals surface area contributed by atoms with Crippen molar-refractivity contribution < 1.29 is 8.42 Å². The Bertz CT molecular complexity index is 697. The van der Waals surface area contributed by atoms with Gasteiger partial charge in [-0.3, -0.25) is 4.72 Å². The van der Waals surface area contributed by atoms with Gasteiger partial charge in [-0.25, -0.2) is 8.42 Å². The van der Waals surface area contributed by atoms with E-state index in [0.717, 1.165) is 10.0 Å². The van der Waals surface area contributed by atoms with E-state index in [9.17, 15) is 8.42 Å². The van der Waals surface area contributed by atoms with Crippen LogP contribution in [0.1, 0.15) is 5.56 Å². The molecule has 0 heterocycles. The summed E-state index contributed by atoms with van der Waals surface area (Å²) in [5, 5.41) is 0. The molecule has 0 radical (unpaired) electrons. The van der Waals surface area contributed by atoms with Crippen molar-refractivity contribution in [1.29, 1.82) is 0 Å². The van der Waals surface area contributed by atoms with Crippen LogP contribution in [0.15, 0.2) is 51.8 Å². The maximum Gasteiger partial charge on any atom is 0.261 e. The van der Waals surface area contributed by atoms with Crippen molar-refractivity contribution in [3.8, 4) is 0 Å². The van der Waals surface area contributed by atoms with E-state index in [4.69, 9.17) is 5.73 Å². The predicted molar refractivity (Wildman–Crippen MR) is 80.5 cm³/mol. The largest absolute Gasteiger partial charge is 0.399 e. The normalized spacial score (nSPS) is 11.3. The van der Waals surface area contributed by atoms with Gasteiger partial charge < -0.3 is 5.73 Å². The summed E-state index contributed by atoms with van der Waals surface area (Å²) in [4.78, 5) is 0.182. The Morgan fingerprint density at radius 2 is 1.74 bits per heavy atom. The van der Waals surface area contributed by atoms with Gasteiger partial charge in [-0.05, 0) is 48.9 Å². The van der Waals surface area contributed by atoms with E-state index in [1.807, 2.05) is 13.0 Å². The first kappa shape index (κ1) is 13.9. The summed E-state index contributed by atoms with van der Waals surface area (Å²) in [6.07, 6.45) is 0. The number of rotatable bonds is 3. The van der Waals surface area contributed by atoms with Crippen molar-refractivity contribution in [3.05, 3.63) is 52.5 Å². The first-order chi connectivity index (χ1) is 8.90. The van der Waals surface area contributed by atoms with Gasteiger partial charge in [0.15, 0.2) is 0 Å². The minimum absolute atomic E-state index is 0.182. The second-order valence-electron chi connectivity index (χ2n) is 4.09. The highest BCUT2D eigenvalue weighted by Gasteiger charge is 2.15. The number of hydrogen-bond acceptors (Lipinski definition) is 3. The summed E-state index contributed by atoms with van der Waals surface area (Å²) in [6, 6.07) is 11.4. The monoisotopic (exact) mass is 340 g/mol. The second-order valence-corrected chi connectivity index (χ2v) is 6.62. The molecule has 0 bridgehead atoms. The molecule has 4 nitrogen and oxygen atoms in total. The summed E-state index contributed by atoms with van der Waals surface area (Å²) in [5.41, 5.74) is 7.45. The van der Waals surface area contributed by atoms with Crippen molar-refractivity contribution in [3.63, 3.8) is 0 Å². The number of benzene rings is 2. The van der Waals surface area contributed by atoms with Crippen LogP contribution in [0, 0.1) is 6.92 Å². The van der Waals surface area contributed by atoms with Crippen LogP contribution in [0.2, 0.25) is 0 Å². The van der Waals surface area contributed by atoms with Gasteiger partial charge in [0.25, 0.3) is 10.0 Å². The number of anilines is 2. The summed E-state index contributed by atoms with van der Waals surface area (Å²) in [6.45, 7) is 1.84. The predicted octanol–water partition coefficient (Wildman–Crippen LogP) is 3.14. The van der Waals surface area contributed by atoms with Gasteiger partial charge in [0.1, 0.15) is 0 Å². The Kier molecular flexibility index (Phi) is 3.82. The molecule has 0 saturated carbocycles. The third-order valence-electron chi connectivity index (χ3n) is 2.70. The van der Waals surface area contributed by atoms with E-state index in [1.165, 1.54) is 12.1 Å². The highest BCUT2D eigenvalue weighted by Crippen LogP contribution is 2.25. The maximum absolute atomic E-state index is 12.2. The van der Waals surface area contributed by atoms with E-state index >= 15 is 0 Å². The molecule has 0 saturated heterocycles. The molecule has 0 unspecified atom stereocenters. The van der Waals surface area contributed by atoms with E-state index < -0.39 is 10.0 Å². The number of nitrogens with two attached hydrogens (primary N) is 1. The lowest BCUT2D eigenvalue weighted by Gasteiger charge is -2.11. The van der Waals surface area contributed by atoms with Crippen LogP contribution in [0.25, 0.3) is 0 Å². The summed E-state index contributed by atoms with van der Waals surface area (Å²) in [7, 11) is -3.60. The fraction of sp³-hybridized carbons (Fsp3) is 0.0769. The molecule has 19 heavy (non-hydrogen) atoms. The average Bonchev–Trinajstić information content (AvgIpc) is 2.35. The summed E-state index contributed by atoms with van der Waals surface area (Å²) in [5.74, 6) is 0. The molecular formula is C13H13BrN2O2S. The molecule has 0 fully saturated rings. The highest BCUT2D eigenvalue weighted by atomic mass is 79.9. The molecule has 0 aliphatic carbocycles. The van der Waals surface area contributed by atoms with Crippen LogP contribution >= 0.6 is 15.9 Å². The Morgan fingerprint density at radius 3 is 2.37 bits per heavy atom. The number of nitrogen functional groups attached to an aromatic ring is 1. The van der Waals surface area contributed by atoms with Gasteiger partial charge >= 0.3 is 0 Å². The van der Waals surface area contributed by atoms with Crippen LogP contribution in [0.4, 0.5) is 11.4 Å². The molecule has 2 aromatic rings. The Balaban J connectivity index is 2.36. The van der Waals surface area contributed by atoms with Crippen LogP contribution in [0.5, 0.6) is 0 Å². The smallest absolute Gasteiger partial charge is 0.261 e. The minimum atomic E-state index is -3.60. The Hall–Kier alpha value is -1.53. The van der Waals surface area contributed by atoms with Crippen molar-refractivity contribution in [2.45, 2.75) is 11.8 Å². The van der Waals surface area contributed by atoms with Gasteiger partial charge in [-0.2, -0.15) is 0 Å². The van der Waals surface area contributed by atoms with Crippen molar-refractivity contribution in [2.75, 3.05) is 10.5 Å². The Morgan fingerprint density at radius 1 is 1.11 bits per heavy atom. The van der Waals surface area contributed by atoms with Crippen LogP contribution < -0.4 is 10.5 Å². The van der Waals surface area contributed by atoms with E-state index in [1.54, 1.807) is 24.3 Å². The van der Waals surface area contributed by atoms with E-state index in [2.05, 4.69) is 20.7 Å². The van der Waals surface area contributed by atoms with Crippen LogP contribution in [-0.2, 0) is 10.0 Å². The topological polar surface area (TPSA) is 72.2 Å². The van der Waals surface area contributed by atoms with Crippen molar-refractivity contribution in [2.24, 2.45) is 0 Å².